The molecule has 1 amide bonds. The van der Waals surface area contributed by atoms with Crippen LogP contribution < -0.4 is 4.90 Å². The van der Waals surface area contributed by atoms with Crippen LogP contribution >= 0.6 is 0 Å². The van der Waals surface area contributed by atoms with Crippen LogP contribution in [-0.4, -0.2) is 72.2 Å². The lowest BCUT2D eigenvalue weighted by Crippen LogP contribution is -2.59. The summed E-state index contributed by atoms with van der Waals surface area (Å²) in [5.74, 6) is -0.00968. The summed E-state index contributed by atoms with van der Waals surface area (Å²) in [4.78, 5) is 18.6. The summed E-state index contributed by atoms with van der Waals surface area (Å²) in [5, 5.41) is 10.7. The Hall–Kier alpha value is -2.38. The Morgan fingerprint density at radius 2 is 1.89 bits per heavy atom. The number of anilines is 1. The Kier molecular flexibility index (Phi) is 5.37. The van der Waals surface area contributed by atoms with Crippen LogP contribution in [0.1, 0.15) is 22.5 Å². The molecule has 150 valence electrons. The predicted octanol–water partition coefficient (Wildman–Crippen LogP) is 2.12. The van der Waals surface area contributed by atoms with Gasteiger partial charge in [-0.1, -0.05) is 12.1 Å². The van der Waals surface area contributed by atoms with Crippen LogP contribution in [0.5, 0.6) is 0 Å². The molecule has 1 N–H and O–H groups in total. The van der Waals surface area contributed by atoms with Crippen molar-refractivity contribution in [2.75, 3.05) is 44.2 Å². The topological polar surface area (TPSA) is 60.2 Å². The molecule has 28 heavy (non-hydrogen) atoms. The number of hydrogen-bond acceptors (Lipinski definition) is 5. The summed E-state index contributed by atoms with van der Waals surface area (Å²) in [6.07, 6.45) is 1.63. The van der Waals surface area contributed by atoms with Gasteiger partial charge in [0.2, 0.25) is 0 Å². The molecule has 2 atom stereocenters. The highest BCUT2D eigenvalue weighted by molar-refractivity contribution is 5.92. The number of para-hydroxylation sites is 1. The van der Waals surface area contributed by atoms with Crippen molar-refractivity contribution in [3.05, 3.63) is 53.7 Å². The van der Waals surface area contributed by atoms with Crippen LogP contribution in [-0.2, 0) is 0 Å². The molecular formula is C21H26FN3O3. The standard InChI is InChI=1S/C21H26FN3O3/c1-15-7-13-28-20(15)21(27)25-8-6-18(19(26)14-25)24-11-9-23(10-12-24)17-5-3-2-4-16(17)22/h2-5,7,13,18-19,26H,6,8-12,14H2,1H3. The van der Waals surface area contributed by atoms with Crippen LogP contribution in [0.25, 0.3) is 0 Å². The van der Waals surface area contributed by atoms with E-state index in [0.29, 0.717) is 31.0 Å². The van der Waals surface area contributed by atoms with Crippen LogP contribution in [0.15, 0.2) is 41.0 Å². The number of amides is 1. The Balaban J connectivity index is 1.34. The van der Waals surface area contributed by atoms with Gasteiger partial charge in [0.1, 0.15) is 5.82 Å². The molecule has 2 aromatic rings. The summed E-state index contributed by atoms with van der Waals surface area (Å²) in [6.45, 7) is 5.71. The fourth-order valence-electron chi connectivity index (χ4n) is 4.27. The molecule has 0 bridgehead atoms. The molecule has 2 aliphatic rings. The second-order valence-corrected chi connectivity index (χ2v) is 7.58. The van der Waals surface area contributed by atoms with Gasteiger partial charge in [-0.3, -0.25) is 9.69 Å². The second kappa shape index (κ2) is 7.93. The number of rotatable bonds is 3. The van der Waals surface area contributed by atoms with Crippen molar-refractivity contribution in [3.8, 4) is 0 Å². The van der Waals surface area contributed by atoms with Gasteiger partial charge in [-0.05, 0) is 31.5 Å². The maximum atomic E-state index is 14.0. The number of aryl methyl sites for hydroxylation is 1. The fourth-order valence-corrected chi connectivity index (χ4v) is 4.27. The van der Waals surface area contributed by atoms with E-state index in [1.165, 1.54) is 12.3 Å². The van der Waals surface area contributed by atoms with E-state index >= 15 is 0 Å². The molecule has 6 nitrogen and oxygen atoms in total. The maximum absolute atomic E-state index is 14.0. The highest BCUT2D eigenvalue weighted by Crippen LogP contribution is 2.24. The lowest BCUT2D eigenvalue weighted by atomic mass is 9.98. The lowest BCUT2D eigenvalue weighted by molar-refractivity contribution is -0.0116. The first-order valence-electron chi connectivity index (χ1n) is 9.79. The number of benzene rings is 1. The van der Waals surface area contributed by atoms with Gasteiger partial charge in [-0.25, -0.2) is 4.39 Å². The lowest BCUT2D eigenvalue weighted by Gasteiger charge is -2.45. The summed E-state index contributed by atoms with van der Waals surface area (Å²) >= 11 is 0. The van der Waals surface area contributed by atoms with Crippen LogP contribution in [0.4, 0.5) is 10.1 Å². The zero-order valence-electron chi connectivity index (χ0n) is 16.1. The Labute approximate surface area is 164 Å². The average molecular weight is 387 g/mol. The summed E-state index contributed by atoms with van der Waals surface area (Å²) < 4.78 is 19.3. The number of piperazine rings is 1. The van der Waals surface area contributed by atoms with Crippen LogP contribution in [0.2, 0.25) is 0 Å². The van der Waals surface area contributed by atoms with Crippen molar-refractivity contribution in [3.63, 3.8) is 0 Å². The summed E-state index contributed by atoms with van der Waals surface area (Å²) in [5.41, 5.74) is 1.45. The fraction of sp³-hybridized carbons (Fsp3) is 0.476. The Bertz CT molecular complexity index is 832. The number of β-amino-alcohol motifs (C(OH)–C–C–N with tert-alkyl or cyclic N) is 1. The number of carbonyl (C=O) groups is 1. The monoisotopic (exact) mass is 387 g/mol. The molecule has 1 aromatic heterocycles. The number of furan rings is 1. The van der Waals surface area contributed by atoms with E-state index in [4.69, 9.17) is 4.42 Å². The van der Waals surface area contributed by atoms with E-state index in [1.807, 2.05) is 13.0 Å². The third kappa shape index (κ3) is 3.64. The molecule has 0 saturated carbocycles. The molecule has 0 aliphatic carbocycles. The van der Waals surface area contributed by atoms with Gasteiger partial charge in [0.25, 0.3) is 5.91 Å². The number of aliphatic hydroxyl groups is 1. The first-order valence-corrected chi connectivity index (χ1v) is 9.79. The molecule has 2 unspecified atom stereocenters. The van der Waals surface area contributed by atoms with Gasteiger partial charge in [0.15, 0.2) is 5.76 Å². The van der Waals surface area contributed by atoms with Crippen molar-refractivity contribution in [2.24, 2.45) is 0 Å². The quantitative estimate of drug-likeness (QED) is 0.874. The molecule has 0 spiro atoms. The molecule has 1 aromatic carbocycles. The third-order valence-electron chi connectivity index (χ3n) is 5.87. The number of likely N-dealkylation sites (tertiary alicyclic amines) is 1. The first kappa shape index (κ1) is 19.0. The number of halogens is 1. The van der Waals surface area contributed by atoms with Gasteiger partial charge in [-0.15, -0.1) is 0 Å². The van der Waals surface area contributed by atoms with Gasteiger partial charge in [-0.2, -0.15) is 0 Å². The van der Waals surface area contributed by atoms with E-state index < -0.39 is 6.10 Å². The van der Waals surface area contributed by atoms with Gasteiger partial charge >= 0.3 is 0 Å². The SMILES string of the molecule is Cc1ccoc1C(=O)N1CCC(N2CCN(c3ccccc3F)CC2)C(O)C1. The van der Waals surface area contributed by atoms with Crippen molar-refractivity contribution >= 4 is 11.6 Å². The van der Waals surface area contributed by atoms with Crippen molar-refractivity contribution < 1.29 is 18.7 Å². The van der Waals surface area contributed by atoms with E-state index in [-0.39, 0.29) is 17.8 Å². The molecule has 2 aliphatic heterocycles. The average Bonchev–Trinajstić information content (AvgIpc) is 3.14. The second-order valence-electron chi connectivity index (χ2n) is 7.58. The number of carbonyl (C=O) groups excluding carboxylic acids is 1. The highest BCUT2D eigenvalue weighted by atomic mass is 19.1. The van der Waals surface area contributed by atoms with E-state index in [1.54, 1.807) is 23.1 Å². The molecule has 7 heteroatoms. The zero-order valence-corrected chi connectivity index (χ0v) is 16.1. The minimum absolute atomic E-state index is 0.0181. The minimum Gasteiger partial charge on any atom is -0.459 e. The largest absolute Gasteiger partial charge is 0.459 e. The minimum atomic E-state index is -0.604. The molecule has 4 rings (SSSR count). The van der Waals surface area contributed by atoms with Crippen molar-refractivity contribution in [1.29, 1.82) is 0 Å². The summed E-state index contributed by atoms with van der Waals surface area (Å²) in [7, 11) is 0. The number of piperidine rings is 1. The van der Waals surface area contributed by atoms with E-state index in [2.05, 4.69) is 9.80 Å². The number of nitrogens with zero attached hydrogens (tertiary/aromatic N) is 3. The van der Waals surface area contributed by atoms with Gasteiger partial charge in [0, 0.05) is 50.9 Å². The molecule has 0 radical (unpaired) electrons. The first-order chi connectivity index (χ1) is 13.5. The van der Waals surface area contributed by atoms with Gasteiger partial charge in [0.05, 0.1) is 18.1 Å². The highest BCUT2D eigenvalue weighted by Gasteiger charge is 2.36. The predicted molar refractivity (Wildman–Crippen MR) is 104 cm³/mol. The van der Waals surface area contributed by atoms with E-state index in [9.17, 15) is 14.3 Å². The van der Waals surface area contributed by atoms with Crippen molar-refractivity contribution in [1.82, 2.24) is 9.80 Å². The molecular weight excluding hydrogens is 361 g/mol. The third-order valence-corrected chi connectivity index (χ3v) is 5.87. The van der Waals surface area contributed by atoms with Crippen LogP contribution in [0.3, 0.4) is 0 Å². The zero-order chi connectivity index (χ0) is 19.7. The number of hydrogen-bond donors (Lipinski definition) is 1. The molecule has 3 heterocycles. The Morgan fingerprint density at radius 3 is 2.54 bits per heavy atom. The van der Waals surface area contributed by atoms with E-state index in [0.717, 1.165) is 31.7 Å². The van der Waals surface area contributed by atoms with Crippen molar-refractivity contribution in [2.45, 2.75) is 25.5 Å². The van der Waals surface area contributed by atoms with Gasteiger partial charge < -0.3 is 19.3 Å². The molecule has 2 saturated heterocycles. The smallest absolute Gasteiger partial charge is 0.289 e. The normalized spacial score (nSPS) is 23.8. The maximum Gasteiger partial charge on any atom is 0.289 e. The number of aliphatic hydroxyl groups excluding tert-OH is 1. The summed E-state index contributed by atoms with van der Waals surface area (Å²) in [6, 6.07) is 8.63. The van der Waals surface area contributed by atoms with Crippen LogP contribution in [0, 0.1) is 12.7 Å². The molecule has 2 fully saturated rings. The Morgan fingerprint density at radius 1 is 1.14 bits per heavy atom.